The number of aryl methyl sites for hydroxylation is 1. The standard InChI is InChI=1S/C11H18BrNO2S2/c1-7-8(6-9(12)16-7)10(13-4)11(2,3)17(5,14)15/h6,10,13H,1-5H3. The molecule has 6 heteroatoms. The molecule has 0 aliphatic carbocycles. The molecule has 1 unspecified atom stereocenters. The maximum absolute atomic E-state index is 11.9. The first-order valence-corrected chi connectivity index (χ1v) is 8.74. The normalized spacial score (nSPS) is 14.9. The van der Waals surface area contributed by atoms with Crippen LogP contribution in [0.15, 0.2) is 9.85 Å². The van der Waals surface area contributed by atoms with E-state index in [0.29, 0.717) is 0 Å². The van der Waals surface area contributed by atoms with E-state index in [2.05, 4.69) is 21.2 Å². The van der Waals surface area contributed by atoms with Crippen LogP contribution < -0.4 is 5.32 Å². The number of rotatable bonds is 4. The van der Waals surface area contributed by atoms with E-state index in [4.69, 9.17) is 0 Å². The van der Waals surface area contributed by atoms with Gasteiger partial charge in [-0.2, -0.15) is 0 Å². The molecule has 1 atom stereocenters. The molecular formula is C11H18BrNO2S2. The van der Waals surface area contributed by atoms with Gasteiger partial charge in [0.05, 0.1) is 14.6 Å². The lowest BCUT2D eigenvalue weighted by atomic mass is 9.96. The highest BCUT2D eigenvalue weighted by Gasteiger charge is 2.40. The van der Waals surface area contributed by atoms with E-state index < -0.39 is 14.6 Å². The molecule has 1 aromatic rings. The topological polar surface area (TPSA) is 46.2 Å². The van der Waals surface area contributed by atoms with E-state index in [1.165, 1.54) is 6.26 Å². The third kappa shape index (κ3) is 2.92. The molecule has 3 nitrogen and oxygen atoms in total. The van der Waals surface area contributed by atoms with Crippen LogP contribution >= 0.6 is 27.3 Å². The summed E-state index contributed by atoms with van der Waals surface area (Å²) in [5, 5.41) is 3.13. The number of hydrogen-bond acceptors (Lipinski definition) is 4. The van der Waals surface area contributed by atoms with Crippen molar-refractivity contribution >= 4 is 37.1 Å². The molecule has 0 aliphatic rings. The summed E-state index contributed by atoms with van der Waals surface area (Å²) in [7, 11) is -1.35. The molecule has 1 rings (SSSR count). The zero-order valence-corrected chi connectivity index (χ0v) is 13.9. The minimum atomic E-state index is -3.14. The summed E-state index contributed by atoms with van der Waals surface area (Å²) in [6.45, 7) is 5.52. The summed E-state index contributed by atoms with van der Waals surface area (Å²) in [6, 6.07) is 1.79. The maximum Gasteiger partial charge on any atom is 0.154 e. The van der Waals surface area contributed by atoms with Crippen LogP contribution in [-0.4, -0.2) is 26.5 Å². The number of halogens is 1. The predicted molar refractivity (Wildman–Crippen MR) is 77.5 cm³/mol. The Labute approximate surface area is 116 Å². The van der Waals surface area contributed by atoms with Gasteiger partial charge in [0, 0.05) is 11.1 Å². The van der Waals surface area contributed by atoms with Crippen molar-refractivity contribution in [1.82, 2.24) is 5.32 Å². The van der Waals surface area contributed by atoms with Gasteiger partial charge in [-0.25, -0.2) is 8.42 Å². The fraction of sp³-hybridized carbons (Fsp3) is 0.636. The quantitative estimate of drug-likeness (QED) is 0.917. The van der Waals surface area contributed by atoms with Crippen molar-refractivity contribution in [2.45, 2.75) is 31.6 Å². The average molecular weight is 340 g/mol. The number of hydrogen-bond donors (Lipinski definition) is 1. The van der Waals surface area contributed by atoms with Crippen molar-refractivity contribution < 1.29 is 8.42 Å². The van der Waals surface area contributed by atoms with Crippen molar-refractivity contribution in [2.24, 2.45) is 0 Å². The highest BCUT2D eigenvalue weighted by atomic mass is 79.9. The Kier molecular flexibility index (Phi) is 4.45. The van der Waals surface area contributed by atoms with Crippen LogP contribution in [0.1, 0.15) is 30.3 Å². The fourth-order valence-electron chi connectivity index (χ4n) is 1.84. The van der Waals surface area contributed by atoms with E-state index in [0.717, 1.165) is 14.2 Å². The number of nitrogens with one attached hydrogen (secondary N) is 1. The molecule has 17 heavy (non-hydrogen) atoms. The second kappa shape index (κ2) is 4.99. The Morgan fingerprint density at radius 2 is 2.00 bits per heavy atom. The summed E-state index contributed by atoms with van der Waals surface area (Å²) in [4.78, 5) is 1.13. The Balaban J connectivity index is 3.30. The third-order valence-electron chi connectivity index (χ3n) is 3.18. The van der Waals surface area contributed by atoms with Gasteiger partial charge in [0.25, 0.3) is 0 Å². The van der Waals surface area contributed by atoms with Crippen molar-refractivity contribution in [3.8, 4) is 0 Å². The monoisotopic (exact) mass is 339 g/mol. The van der Waals surface area contributed by atoms with Gasteiger partial charge in [-0.3, -0.25) is 0 Å². The first-order chi connectivity index (χ1) is 7.61. The zero-order chi connectivity index (χ0) is 13.4. The fourth-order valence-corrected chi connectivity index (χ4v) is 4.26. The summed E-state index contributed by atoms with van der Waals surface area (Å²) in [6.07, 6.45) is 1.29. The lowest BCUT2D eigenvalue weighted by Crippen LogP contribution is -2.43. The first kappa shape index (κ1) is 15.1. The predicted octanol–water partition coefficient (Wildman–Crippen LogP) is 2.90. The Hall–Kier alpha value is 0.0900. The lowest BCUT2D eigenvalue weighted by molar-refractivity contribution is 0.446. The minimum Gasteiger partial charge on any atom is -0.312 e. The smallest absolute Gasteiger partial charge is 0.154 e. The Morgan fingerprint density at radius 3 is 2.29 bits per heavy atom. The van der Waals surface area contributed by atoms with Gasteiger partial charge in [-0.05, 0) is 55.4 Å². The molecule has 0 fully saturated rings. The highest BCUT2D eigenvalue weighted by Crippen LogP contribution is 2.38. The van der Waals surface area contributed by atoms with Gasteiger partial charge in [0.2, 0.25) is 0 Å². The minimum absolute atomic E-state index is 0.208. The zero-order valence-electron chi connectivity index (χ0n) is 10.7. The highest BCUT2D eigenvalue weighted by molar-refractivity contribution is 9.11. The first-order valence-electron chi connectivity index (χ1n) is 5.24. The molecule has 0 spiro atoms. The van der Waals surface area contributed by atoms with E-state index in [1.807, 2.05) is 13.0 Å². The van der Waals surface area contributed by atoms with E-state index in [9.17, 15) is 8.42 Å². The van der Waals surface area contributed by atoms with Gasteiger partial charge in [0.1, 0.15) is 0 Å². The van der Waals surface area contributed by atoms with Crippen LogP contribution in [0.2, 0.25) is 0 Å². The Bertz CT molecular complexity index is 506. The second-order valence-corrected chi connectivity index (χ2v) is 9.89. The van der Waals surface area contributed by atoms with Crippen molar-refractivity contribution in [3.05, 3.63) is 20.3 Å². The van der Waals surface area contributed by atoms with Crippen LogP contribution in [0.3, 0.4) is 0 Å². The number of sulfone groups is 1. The molecule has 0 aliphatic heterocycles. The molecule has 0 amide bonds. The van der Waals surface area contributed by atoms with Crippen LogP contribution in [-0.2, 0) is 9.84 Å². The summed E-state index contributed by atoms with van der Waals surface area (Å²) < 4.78 is 24.0. The lowest BCUT2D eigenvalue weighted by Gasteiger charge is -2.32. The number of thiophene rings is 1. The molecule has 98 valence electrons. The molecule has 1 aromatic heterocycles. The largest absolute Gasteiger partial charge is 0.312 e. The molecule has 0 aromatic carbocycles. The van der Waals surface area contributed by atoms with E-state index >= 15 is 0 Å². The molecule has 1 heterocycles. The molecule has 0 radical (unpaired) electrons. The van der Waals surface area contributed by atoms with Gasteiger partial charge in [-0.1, -0.05) is 0 Å². The summed E-state index contributed by atoms with van der Waals surface area (Å²) >= 11 is 5.06. The van der Waals surface area contributed by atoms with Crippen LogP contribution in [0.5, 0.6) is 0 Å². The average Bonchev–Trinajstić information content (AvgIpc) is 2.44. The Morgan fingerprint density at radius 1 is 1.47 bits per heavy atom. The van der Waals surface area contributed by atoms with Crippen LogP contribution in [0, 0.1) is 6.92 Å². The van der Waals surface area contributed by atoms with Crippen molar-refractivity contribution in [1.29, 1.82) is 0 Å². The van der Waals surface area contributed by atoms with Crippen molar-refractivity contribution in [2.75, 3.05) is 13.3 Å². The molecule has 0 bridgehead atoms. The third-order valence-corrected chi connectivity index (χ3v) is 6.89. The van der Waals surface area contributed by atoms with Gasteiger partial charge >= 0.3 is 0 Å². The SMILES string of the molecule is CNC(c1cc(Br)sc1C)C(C)(C)S(C)(=O)=O. The summed E-state index contributed by atoms with van der Waals surface area (Å²) in [5.41, 5.74) is 1.04. The van der Waals surface area contributed by atoms with Gasteiger partial charge < -0.3 is 5.32 Å². The van der Waals surface area contributed by atoms with E-state index in [1.54, 1.807) is 32.2 Å². The second-order valence-electron chi connectivity index (χ2n) is 4.66. The summed E-state index contributed by atoms with van der Waals surface area (Å²) in [5.74, 6) is 0. The molecule has 0 saturated carbocycles. The van der Waals surface area contributed by atoms with E-state index in [-0.39, 0.29) is 6.04 Å². The van der Waals surface area contributed by atoms with Crippen LogP contribution in [0.25, 0.3) is 0 Å². The van der Waals surface area contributed by atoms with Crippen molar-refractivity contribution in [3.63, 3.8) is 0 Å². The molecular weight excluding hydrogens is 322 g/mol. The molecule has 1 N–H and O–H groups in total. The molecule has 0 saturated heterocycles. The maximum atomic E-state index is 11.9. The van der Waals surface area contributed by atoms with Crippen LogP contribution in [0.4, 0.5) is 0 Å². The van der Waals surface area contributed by atoms with Gasteiger partial charge in [-0.15, -0.1) is 11.3 Å². The van der Waals surface area contributed by atoms with Gasteiger partial charge in [0.15, 0.2) is 9.84 Å².